The molecule has 0 N–H and O–H groups in total. The summed E-state index contributed by atoms with van der Waals surface area (Å²) >= 11 is 0. The number of aromatic nitrogens is 1. The average molecular weight is 379 g/mol. The van der Waals surface area contributed by atoms with Gasteiger partial charge in [-0.2, -0.15) is 0 Å². The molecule has 0 atom stereocenters. The summed E-state index contributed by atoms with van der Waals surface area (Å²) in [6.07, 6.45) is 21.4. The lowest BCUT2D eigenvalue weighted by atomic mass is 10.1. The molecule has 0 aliphatic heterocycles. The lowest BCUT2D eigenvalue weighted by Gasteiger charge is -2.01. The molecule has 1 aromatic heterocycles. The van der Waals surface area contributed by atoms with Crippen molar-refractivity contribution >= 4 is 11.9 Å². The lowest BCUT2D eigenvalue weighted by molar-refractivity contribution is -0.697. The van der Waals surface area contributed by atoms with Crippen molar-refractivity contribution in [1.29, 1.82) is 0 Å². The van der Waals surface area contributed by atoms with Crippen molar-refractivity contribution in [2.24, 2.45) is 0 Å². The quantitative estimate of drug-likeness (QED) is 0.153. The lowest BCUT2D eigenvalue weighted by Crippen LogP contribution is -2.32. The van der Waals surface area contributed by atoms with Crippen molar-refractivity contribution in [3.63, 3.8) is 0 Å². The van der Waals surface area contributed by atoms with Crippen LogP contribution in [0.2, 0.25) is 0 Å². The summed E-state index contributed by atoms with van der Waals surface area (Å²) in [5, 5.41) is 0. The van der Waals surface area contributed by atoms with Crippen LogP contribution < -0.4 is 4.57 Å². The van der Waals surface area contributed by atoms with Gasteiger partial charge in [0.25, 0.3) is 0 Å². The highest BCUT2D eigenvalue weighted by Gasteiger charge is 2.02. The molecule has 0 radical (unpaired) electrons. The van der Waals surface area contributed by atoms with Crippen molar-refractivity contribution in [3.05, 3.63) is 72.1 Å². The molecule has 0 aliphatic rings. The highest BCUT2D eigenvalue weighted by Crippen LogP contribution is 2.10. The molecule has 28 heavy (non-hydrogen) atoms. The van der Waals surface area contributed by atoms with Gasteiger partial charge in [0, 0.05) is 24.1 Å². The van der Waals surface area contributed by atoms with E-state index in [4.69, 9.17) is 0 Å². The fourth-order valence-electron chi connectivity index (χ4n) is 3.38. The maximum atomic E-state index is 12.1. The SMILES string of the molecule is CCCCCCCCCCCC[n+]1ccc(/C=C/C(=O)c2ccccc2)cc1. The van der Waals surface area contributed by atoms with Crippen LogP contribution in [-0.2, 0) is 6.54 Å². The molecule has 0 fully saturated rings. The Morgan fingerprint density at radius 2 is 1.36 bits per heavy atom. The number of carbonyl (C=O) groups excluding carboxylic acids is 1. The van der Waals surface area contributed by atoms with E-state index in [1.807, 2.05) is 36.4 Å². The highest BCUT2D eigenvalue weighted by molar-refractivity contribution is 6.06. The third-order valence-electron chi connectivity index (χ3n) is 5.17. The number of aryl methyl sites for hydroxylation is 1. The molecular formula is C26H36NO+. The van der Waals surface area contributed by atoms with Gasteiger partial charge in [0.15, 0.2) is 18.2 Å². The van der Waals surface area contributed by atoms with E-state index >= 15 is 0 Å². The molecule has 0 spiro atoms. The molecule has 1 heterocycles. The second-order valence-electron chi connectivity index (χ2n) is 7.61. The Hall–Kier alpha value is -2.22. The molecule has 150 valence electrons. The molecule has 0 unspecified atom stereocenters. The Balaban J connectivity index is 1.60. The number of allylic oxidation sites excluding steroid dienone is 1. The largest absolute Gasteiger partial charge is 0.289 e. The van der Waals surface area contributed by atoms with Gasteiger partial charge in [-0.3, -0.25) is 4.79 Å². The predicted octanol–water partition coefficient (Wildman–Crippen LogP) is 6.79. The van der Waals surface area contributed by atoms with Gasteiger partial charge in [-0.1, -0.05) is 94.7 Å². The van der Waals surface area contributed by atoms with Crippen LogP contribution in [0.1, 0.15) is 87.1 Å². The van der Waals surface area contributed by atoms with Crippen LogP contribution in [0.25, 0.3) is 6.08 Å². The third-order valence-corrected chi connectivity index (χ3v) is 5.17. The Kier molecular flexibility index (Phi) is 10.9. The van der Waals surface area contributed by atoms with Crippen molar-refractivity contribution in [1.82, 2.24) is 0 Å². The van der Waals surface area contributed by atoms with Crippen LogP contribution in [0.5, 0.6) is 0 Å². The number of hydrogen-bond acceptors (Lipinski definition) is 1. The normalized spacial score (nSPS) is 11.2. The van der Waals surface area contributed by atoms with Crippen LogP contribution >= 0.6 is 0 Å². The first-order chi connectivity index (χ1) is 13.8. The molecule has 2 heteroatoms. The maximum absolute atomic E-state index is 12.1. The van der Waals surface area contributed by atoms with Gasteiger partial charge in [-0.15, -0.1) is 0 Å². The number of pyridine rings is 1. The van der Waals surface area contributed by atoms with E-state index in [2.05, 4.69) is 36.0 Å². The second-order valence-corrected chi connectivity index (χ2v) is 7.61. The summed E-state index contributed by atoms with van der Waals surface area (Å²) in [6, 6.07) is 13.5. The smallest absolute Gasteiger partial charge is 0.185 e. The van der Waals surface area contributed by atoms with Crippen LogP contribution in [0.4, 0.5) is 0 Å². The number of hydrogen-bond donors (Lipinski definition) is 0. The van der Waals surface area contributed by atoms with Crippen molar-refractivity contribution in [2.75, 3.05) is 0 Å². The molecule has 2 nitrogen and oxygen atoms in total. The first-order valence-electron chi connectivity index (χ1n) is 11.1. The number of nitrogens with zero attached hydrogens (tertiary/aromatic N) is 1. The Labute approximate surface area is 171 Å². The van der Waals surface area contributed by atoms with Crippen molar-refractivity contribution in [2.45, 2.75) is 77.7 Å². The molecule has 0 aliphatic carbocycles. The third kappa shape index (κ3) is 9.12. The van der Waals surface area contributed by atoms with Gasteiger partial charge in [0.05, 0.1) is 0 Å². The fourth-order valence-corrected chi connectivity index (χ4v) is 3.38. The average Bonchev–Trinajstić information content (AvgIpc) is 2.75. The maximum Gasteiger partial charge on any atom is 0.185 e. The molecule has 2 aromatic rings. The Morgan fingerprint density at radius 3 is 1.96 bits per heavy atom. The van der Waals surface area contributed by atoms with Gasteiger partial charge in [0.2, 0.25) is 0 Å². The summed E-state index contributed by atoms with van der Waals surface area (Å²) in [4.78, 5) is 12.1. The van der Waals surface area contributed by atoms with Crippen LogP contribution in [0.15, 0.2) is 60.9 Å². The topological polar surface area (TPSA) is 20.9 Å². The van der Waals surface area contributed by atoms with E-state index < -0.39 is 0 Å². The van der Waals surface area contributed by atoms with E-state index in [9.17, 15) is 4.79 Å². The predicted molar refractivity (Wildman–Crippen MR) is 118 cm³/mol. The number of ketones is 1. The summed E-state index contributed by atoms with van der Waals surface area (Å²) in [7, 11) is 0. The van der Waals surface area contributed by atoms with E-state index in [0.717, 1.165) is 17.7 Å². The van der Waals surface area contributed by atoms with Gasteiger partial charge >= 0.3 is 0 Å². The summed E-state index contributed by atoms with van der Waals surface area (Å²) in [6.45, 7) is 3.35. The molecule has 0 bridgehead atoms. The van der Waals surface area contributed by atoms with Gasteiger partial charge in [0.1, 0.15) is 6.54 Å². The fraction of sp³-hybridized carbons (Fsp3) is 0.462. The summed E-state index contributed by atoms with van der Waals surface area (Å²) < 4.78 is 2.24. The Bertz CT molecular complexity index is 688. The van der Waals surface area contributed by atoms with E-state index in [0.29, 0.717) is 0 Å². The second kappa shape index (κ2) is 13.9. The van der Waals surface area contributed by atoms with Crippen LogP contribution in [-0.4, -0.2) is 5.78 Å². The minimum atomic E-state index is 0.0442. The highest BCUT2D eigenvalue weighted by atomic mass is 16.1. The number of rotatable bonds is 14. The van der Waals surface area contributed by atoms with Crippen LogP contribution in [0, 0.1) is 0 Å². The number of unbranched alkanes of at least 4 members (excludes halogenated alkanes) is 9. The number of benzene rings is 1. The van der Waals surface area contributed by atoms with Gasteiger partial charge in [-0.25, -0.2) is 4.57 Å². The minimum absolute atomic E-state index is 0.0442. The van der Waals surface area contributed by atoms with Crippen LogP contribution in [0.3, 0.4) is 0 Å². The molecule has 0 amide bonds. The number of carbonyl (C=O) groups is 1. The zero-order chi connectivity index (χ0) is 19.9. The first kappa shape index (κ1) is 22.1. The summed E-state index contributed by atoms with van der Waals surface area (Å²) in [5.74, 6) is 0.0442. The zero-order valence-corrected chi connectivity index (χ0v) is 17.5. The first-order valence-corrected chi connectivity index (χ1v) is 11.1. The molecular weight excluding hydrogens is 342 g/mol. The molecule has 2 rings (SSSR count). The Morgan fingerprint density at radius 1 is 0.786 bits per heavy atom. The minimum Gasteiger partial charge on any atom is -0.289 e. The molecule has 0 saturated carbocycles. The van der Waals surface area contributed by atoms with E-state index in [1.54, 1.807) is 6.08 Å². The van der Waals surface area contributed by atoms with E-state index in [-0.39, 0.29) is 5.78 Å². The monoisotopic (exact) mass is 378 g/mol. The standard InChI is InChI=1S/C26H36NO/c1-2-3-4-5-6-7-8-9-10-14-21-27-22-19-24(20-23-27)17-18-26(28)25-15-12-11-13-16-25/h11-13,15-20,22-23H,2-10,14,21H2,1H3/q+1/b18-17+. The van der Waals surface area contributed by atoms with Crippen molar-refractivity contribution in [3.8, 4) is 0 Å². The van der Waals surface area contributed by atoms with E-state index in [1.165, 1.54) is 64.2 Å². The summed E-state index contributed by atoms with van der Waals surface area (Å²) in [5.41, 5.74) is 1.79. The molecule has 1 aromatic carbocycles. The van der Waals surface area contributed by atoms with Crippen molar-refractivity contribution < 1.29 is 9.36 Å². The zero-order valence-electron chi connectivity index (χ0n) is 17.5. The van der Waals surface area contributed by atoms with Gasteiger partial charge < -0.3 is 0 Å². The van der Waals surface area contributed by atoms with Gasteiger partial charge in [-0.05, 0) is 18.1 Å². The molecule has 0 saturated heterocycles.